The minimum Gasteiger partial charge on any atom is -0.312 e. The number of nitrogens with zero attached hydrogens (tertiary/aromatic N) is 1. The van der Waals surface area contributed by atoms with Crippen molar-refractivity contribution in [2.45, 2.75) is 34.2 Å². The molecule has 0 amide bonds. The lowest BCUT2D eigenvalue weighted by molar-refractivity contribution is 0.275. The summed E-state index contributed by atoms with van der Waals surface area (Å²) < 4.78 is 0. The van der Waals surface area contributed by atoms with Gasteiger partial charge in [-0.05, 0) is 35.2 Å². The highest BCUT2D eigenvalue weighted by Gasteiger charge is 2.16. The summed E-state index contributed by atoms with van der Waals surface area (Å²) in [4.78, 5) is 4.34. The molecule has 0 aliphatic carbocycles. The van der Waals surface area contributed by atoms with Gasteiger partial charge in [-0.3, -0.25) is 4.98 Å². The van der Waals surface area contributed by atoms with Crippen LogP contribution in [0.1, 0.15) is 33.3 Å². The number of benzene rings is 1. The van der Waals surface area contributed by atoms with E-state index in [-0.39, 0.29) is 0 Å². The molecule has 1 heterocycles. The van der Waals surface area contributed by atoms with Crippen molar-refractivity contribution in [2.24, 2.45) is 17.8 Å². The first-order chi connectivity index (χ1) is 9.59. The number of aromatic nitrogens is 1. The summed E-state index contributed by atoms with van der Waals surface area (Å²) in [5.41, 5.74) is 1.29. The fourth-order valence-electron chi connectivity index (χ4n) is 2.93. The summed E-state index contributed by atoms with van der Waals surface area (Å²) in [7, 11) is 0. The van der Waals surface area contributed by atoms with Crippen molar-refractivity contribution >= 4 is 10.8 Å². The van der Waals surface area contributed by atoms with E-state index < -0.39 is 0 Å². The molecular weight excluding hydrogens is 244 g/mol. The zero-order valence-corrected chi connectivity index (χ0v) is 13.1. The molecule has 0 spiro atoms. The average Bonchev–Trinajstić information content (AvgIpc) is 2.42. The maximum atomic E-state index is 4.34. The first-order valence-corrected chi connectivity index (χ1v) is 7.62. The Balaban J connectivity index is 2.03. The molecule has 0 atom stereocenters. The lowest BCUT2D eigenvalue weighted by Crippen LogP contribution is -2.29. The molecule has 1 aromatic carbocycles. The number of nitrogens with one attached hydrogen (secondary N) is 1. The number of fused-ring (bicyclic) bond motifs is 1. The number of hydrogen-bond acceptors (Lipinski definition) is 2. The van der Waals surface area contributed by atoms with Gasteiger partial charge in [0.05, 0.1) is 0 Å². The lowest BCUT2D eigenvalue weighted by atomic mass is 9.85. The molecule has 0 unspecified atom stereocenters. The molecule has 0 saturated carbocycles. The van der Waals surface area contributed by atoms with Crippen LogP contribution in [-0.4, -0.2) is 11.5 Å². The topological polar surface area (TPSA) is 24.9 Å². The molecule has 0 saturated heterocycles. The lowest BCUT2D eigenvalue weighted by Gasteiger charge is -2.25. The number of pyridine rings is 1. The highest BCUT2D eigenvalue weighted by molar-refractivity contribution is 5.84. The summed E-state index contributed by atoms with van der Waals surface area (Å²) in [6.07, 6.45) is 3.92. The standard InChI is InChI=1S/C18H26N2/c1-13(2)18(14(3)4)12-20-11-16-10-19-9-15-7-5-6-8-17(15)16/h5-10,13-14,18,20H,11-12H2,1-4H3. The van der Waals surface area contributed by atoms with Crippen LogP contribution in [0.4, 0.5) is 0 Å². The van der Waals surface area contributed by atoms with Gasteiger partial charge in [0.15, 0.2) is 0 Å². The van der Waals surface area contributed by atoms with Crippen molar-refractivity contribution in [1.82, 2.24) is 10.3 Å². The van der Waals surface area contributed by atoms with Crippen molar-refractivity contribution in [1.29, 1.82) is 0 Å². The third-order valence-electron chi connectivity index (χ3n) is 4.16. The Bertz CT molecular complexity index is 533. The number of hydrogen-bond donors (Lipinski definition) is 1. The molecular formula is C18H26N2. The number of rotatable bonds is 6. The van der Waals surface area contributed by atoms with Crippen LogP contribution in [0.5, 0.6) is 0 Å². The van der Waals surface area contributed by atoms with Gasteiger partial charge >= 0.3 is 0 Å². The quantitative estimate of drug-likeness (QED) is 0.848. The summed E-state index contributed by atoms with van der Waals surface area (Å²) in [5.74, 6) is 2.15. The van der Waals surface area contributed by atoms with Crippen molar-refractivity contribution in [3.05, 3.63) is 42.2 Å². The second-order valence-electron chi connectivity index (χ2n) is 6.30. The molecule has 1 aromatic heterocycles. The first-order valence-electron chi connectivity index (χ1n) is 7.62. The Kier molecular flexibility index (Phi) is 5.13. The van der Waals surface area contributed by atoms with E-state index in [4.69, 9.17) is 0 Å². The SMILES string of the molecule is CC(C)C(CNCc1cncc2ccccc12)C(C)C. The second-order valence-corrected chi connectivity index (χ2v) is 6.30. The van der Waals surface area contributed by atoms with Crippen LogP contribution in [0, 0.1) is 17.8 Å². The van der Waals surface area contributed by atoms with Crippen molar-refractivity contribution in [3.63, 3.8) is 0 Å². The van der Waals surface area contributed by atoms with Gasteiger partial charge in [0, 0.05) is 24.3 Å². The zero-order chi connectivity index (χ0) is 14.5. The Hall–Kier alpha value is -1.41. The average molecular weight is 270 g/mol. The maximum Gasteiger partial charge on any atom is 0.0346 e. The fraction of sp³-hybridized carbons (Fsp3) is 0.500. The van der Waals surface area contributed by atoms with Gasteiger partial charge in [-0.25, -0.2) is 0 Å². The molecule has 0 aliphatic rings. The molecule has 2 rings (SSSR count). The van der Waals surface area contributed by atoms with E-state index in [9.17, 15) is 0 Å². The summed E-state index contributed by atoms with van der Waals surface area (Å²) in [6, 6.07) is 8.46. The van der Waals surface area contributed by atoms with E-state index in [2.05, 4.69) is 62.3 Å². The van der Waals surface area contributed by atoms with E-state index in [1.54, 1.807) is 0 Å². The predicted octanol–water partition coefficient (Wildman–Crippen LogP) is 4.25. The molecule has 108 valence electrons. The summed E-state index contributed by atoms with van der Waals surface area (Å²) >= 11 is 0. The monoisotopic (exact) mass is 270 g/mol. The largest absolute Gasteiger partial charge is 0.312 e. The smallest absolute Gasteiger partial charge is 0.0346 e. The summed E-state index contributed by atoms with van der Waals surface area (Å²) in [5, 5.41) is 6.14. The minimum absolute atomic E-state index is 0.716. The molecule has 2 aromatic rings. The van der Waals surface area contributed by atoms with Gasteiger partial charge in [-0.2, -0.15) is 0 Å². The predicted molar refractivity (Wildman–Crippen MR) is 86.6 cm³/mol. The highest BCUT2D eigenvalue weighted by atomic mass is 14.9. The van der Waals surface area contributed by atoms with Crippen LogP contribution >= 0.6 is 0 Å². The first kappa shape index (κ1) is 15.0. The van der Waals surface area contributed by atoms with E-state index >= 15 is 0 Å². The van der Waals surface area contributed by atoms with E-state index in [1.807, 2.05) is 12.4 Å². The van der Waals surface area contributed by atoms with Crippen LogP contribution in [0.2, 0.25) is 0 Å². The van der Waals surface area contributed by atoms with Crippen LogP contribution < -0.4 is 5.32 Å². The Morgan fingerprint density at radius 2 is 1.70 bits per heavy atom. The fourth-order valence-corrected chi connectivity index (χ4v) is 2.93. The Labute approximate surface area is 122 Å². The molecule has 2 nitrogen and oxygen atoms in total. The highest BCUT2D eigenvalue weighted by Crippen LogP contribution is 2.20. The Morgan fingerprint density at radius 3 is 2.40 bits per heavy atom. The third-order valence-corrected chi connectivity index (χ3v) is 4.16. The molecule has 1 N–H and O–H groups in total. The molecule has 2 heteroatoms. The maximum absolute atomic E-state index is 4.34. The van der Waals surface area contributed by atoms with Gasteiger partial charge in [-0.15, -0.1) is 0 Å². The van der Waals surface area contributed by atoms with E-state index in [1.165, 1.54) is 16.3 Å². The minimum atomic E-state index is 0.716. The summed E-state index contributed by atoms with van der Waals surface area (Å²) in [6.45, 7) is 11.2. The normalized spacial score (nSPS) is 11.9. The van der Waals surface area contributed by atoms with Crippen molar-refractivity contribution in [2.75, 3.05) is 6.54 Å². The molecule has 20 heavy (non-hydrogen) atoms. The molecule has 0 radical (unpaired) electrons. The Morgan fingerprint density at radius 1 is 1.00 bits per heavy atom. The van der Waals surface area contributed by atoms with Crippen LogP contribution in [-0.2, 0) is 6.54 Å². The molecule has 0 bridgehead atoms. The second kappa shape index (κ2) is 6.85. The van der Waals surface area contributed by atoms with Crippen LogP contribution in [0.15, 0.2) is 36.7 Å². The van der Waals surface area contributed by atoms with Crippen LogP contribution in [0.25, 0.3) is 10.8 Å². The van der Waals surface area contributed by atoms with Gasteiger partial charge < -0.3 is 5.32 Å². The van der Waals surface area contributed by atoms with Crippen LogP contribution in [0.3, 0.4) is 0 Å². The van der Waals surface area contributed by atoms with E-state index in [0.29, 0.717) is 11.8 Å². The third kappa shape index (κ3) is 3.57. The van der Waals surface area contributed by atoms with Gasteiger partial charge in [0.1, 0.15) is 0 Å². The van der Waals surface area contributed by atoms with Gasteiger partial charge in [-0.1, -0.05) is 52.0 Å². The van der Waals surface area contributed by atoms with Gasteiger partial charge in [0.2, 0.25) is 0 Å². The molecule has 0 aliphatic heterocycles. The van der Waals surface area contributed by atoms with Gasteiger partial charge in [0.25, 0.3) is 0 Å². The molecule has 0 fully saturated rings. The van der Waals surface area contributed by atoms with Crippen molar-refractivity contribution < 1.29 is 0 Å². The zero-order valence-electron chi connectivity index (χ0n) is 13.1. The van der Waals surface area contributed by atoms with E-state index in [0.717, 1.165) is 19.0 Å². The van der Waals surface area contributed by atoms with Crippen molar-refractivity contribution in [3.8, 4) is 0 Å².